The van der Waals surface area contributed by atoms with E-state index in [9.17, 15) is 4.79 Å². The molecule has 8 heteroatoms. The maximum Gasteiger partial charge on any atom is 0.291 e. The van der Waals surface area contributed by atoms with Gasteiger partial charge >= 0.3 is 0 Å². The second-order valence-electron chi connectivity index (χ2n) is 5.42. The molecule has 0 atom stereocenters. The highest BCUT2D eigenvalue weighted by molar-refractivity contribution is 7.15. The molecule has 0 spiro atoms. The molecule has 2 heterocycles. The van der Waals surface area contributed by atoms with E-state index in [0.29, 0.717) is 31.1 Å². The smallest absolute Gasteiger partial charge is 0.291 e. The van der Waals surface area contributed by atoms with Crippen molar-refractivity contribution in [2.75, 3.05) is 7.11 Å². The number of aromatic nitrogens is 3. The topological polar surface area (TPSA) is 56.5 Å². The molecule has 0 unspecified atom stereocenters. The van der Waals surface area contributed by atoms with Crippen LogP contribution in [-0.4, -0.2) is 21.7 Å². The number of rotatable bonds is 3. The molecular formula is C18H11Cl2N3O2S. The summed E-state index contributed by atoms with van der Waals surface area (Å²) in [4.78, 5) is 17.6. The molecule has 5 nitrogen and oxygen atoms in total. The molecule has 26 heavy (non-hydrogen) atoms. The van der Waals surface area contributed by atoms with Crippen molar-refractivity contribution in [2.24, 2.45) is 0 Å². The number of benzene rings is 2. The standard InChI is InChI=1S/C18H11Cl2N3O2S/c1-25-14-5-3-2-4-11(14)16-21-18-23(22-16)17(24)15(26-18)9-10-6-7-12(19)13(20)8-10/h2-9H,1H3. The van der Waals surface area contributed by atoms with Gasteiger partial charge in [0.2, 0.25) is 4.96 Å². The zero-order valence-corrected chi connectivity index (χ0v) is 15.8. The molecule has 4 rings (SSSR count). The number of nitrogens with zero attached hydrogens (tertiary/aromatic N) is 3. The summed E-state index contributed by atoms with van der Waals surface area (Å²) < 4.78 is 7.15. The lowest BCUT2D eigenvalue weighted by Crippen LogP contribution is -2.23. The first-order chi connectivity index (χ1) is 12.6. The fourth-order valence-electron chi connectivity index (χ4n) is 2.53. The van der Waals surface area contributed by atoms with Crippen LogP contribution in [0.4, 0.5) is 0 Å². The molecule has 0 aliphatic heterocycles. The van der Waals surface area contributed by atoms with Gasteiger partial charge in [-0.1, -0.05) is 52.7 Å². The number of fused-ring (bicyclic) bond motifs is 1. The van der Waals surface area contributed by atoms with Crippen LogP contribution in [0.1, 0.15) is 5.56 Å². The molecule has 2 aromatic heterocycles. The van der Waals surface area contributed by atoms with Gasteiger partial charge < -0.3 is 4.74 Å². The van der Waals surface area contributed by atoms with Crippen molar-refractivity contribution in [1.29, 1.82) is 0 Å². The summed E-state index contributed by atoms with van der Waals surface area (Å²) in [5.74, 6) is 1.10. The molecule has 0 amide bonds. The first kappa shape index (κ1) is 17.0. The van der Waals surface area contributed by atoms with Crippen molar-refractivity contribution in [3.05, 3.63) is 73.0 Å². The van der Waals surface area contributed by atoms with Crippen LogP contribution in [0.15, 0.2) is 47.3 Å². The maximum absolute atomic E-state index is 12.6. The van der Waals surface area contributed by atoms with Gasteiger partial charge in [0, 0.05) is 0 Å². The Kier molecular flexibility index (Phi) is 4.40. The van der Waals surface area contributed by atoms with Crippen LogP contribution < -0.4 is 14.8 Å². The quantitative estimate of drug-likeness (QED) is 0.523. The summed E-state index contributed by atoms with van der Waals surface area (Å²) in [5, 5.41) is 5.25. The van der Waals surface area contributed by atoms with E-state index in [1.807, 2.05) is 24.3 Å². The normalized spacial score (nSPS) is 12.0. The van der Waals surface area contributed by atoms with Gasteiger partial charge in [0.05, 0.1) is 27.3 Å². The van der Waals surface area contributed by atoms with Crippen LogP contribution in [0, 0.1) is 0 Å². The Labute approximate surface area is 162 Å². The van der Waals surface area contributed by atoms with E-state index in [4.69, 9.17) is 27.9 Å². The van der Waals surface area contributed by atoms with Crippen molar-refractivity contribution in [2.45, 2.75) is 0 Å². The largest absolute Gasteiger partial charge is 0.496 e. The molecule has 0 fully saturated rings. The molecule has 2 aromatic carbocycles. The minimum atomic E-state index is -0.232. The summed E-state index contributed by atoms with van der Waals surface area (Å²) in [6.45, 7) is 0. The van der Waals surface area contributed by atoms with Crippen molar-refractivity contribution >= 4 is 45.6 Å². The van der Waals surface area contributed by atoms with Gasteiger partial charge in [0.1, 0.15) is 5.75 Å². The van der Waals surface area contributed by atoms with Gasteiger partial charge in [0.15, 0.2) is 5.82 Å². The van der Waals surface area contributed by atoms with Crippen molar-refractivity contribution in [3.8, 4) is 17.1 Å². The lowest BCUT2D eigenvalue weighted by atomic mass is 10.2. The van der Waals surface area contributed by atoms with Crippen molar-refractivity contribution in [1.82, 2.24) is 14.6 Å². The van der Waals surface area contributed by atoms with E-state index < -0.39 is 0 Å². The van der Waals surface area contributed by atoms with Crippen LogP contribution in [0.25, 0.3) is 22.4 Å². The van der Waals surface area contributed by atoms with E-state index in [1.54, 1.807) is 31.4 Å². The molecule has 0 saturated carbocycles. The molecule has 0 aliphatic rings. The fraction of sp³-hybridized carbons (Fsp3) is 0.0556. The molecule has 0 radical (unpaired) electrons. The number of hydrogen-bond donors (Lipinski definition) is 0. The number of methoxy groups -OCH3 is 1. The lowest BCUT2D eigenvalue weighted by Gasteiger charge is -2.03. The van der Waals surface area contributed by atoms with E-state index in [1.165, 1.54) is 15.9 Å². The highest BCUT2D eigenvalue weighted by Gasteiger charge is 2.14. The Balaban J connectivity index is 1.82. The minimum absolute atomic E-state index is 0.232. The predicted octanol–water partition coefficient (Wildman–Crippen LogP) is 3.68. The maximum atomic E-state index is 12.6. The van der Waals surface area contributed by atoms with Gasteiger partial charge in [-0.05, 0) is 35.9 Å². The summed E-state index contributed by atoms with van der Waals surface area (Å²) in [6, 6.07) is 12.6. The van der Waals surface area contributed by atoms with Gasteiger partial charge in [-0.15, -0.1) is 5.10 Å². The van der Waals surface area contributed by atoms with E-state index in [2.05, 4.69) is 10.1 Å². The number of para-hydroxylation sites is 1. The van der Waals surface area contributed by atoms with Crippen LogP contribution >= 0.6 is 34.5 Å². The van der Waals surface area contributed by atoms with E-state index in [0.717, 1.165) is 11.1 Å². The van der Waals surface area contributed by atoms with Crippen molar-refractivity contribution in [3.63, 3.8) is 0 Å². The molecule has 130 valence electrons. The second-order valence-corrected chi connectivity index (χ2v) is 7.24. The van der Waals surface area contributed by atoms with E-state index in [-0.39, 0.29) is 5.56 Å². The molecular weight excluding hydrogens is 393 g/mol. The SMILES string of the molecule is COc1ccccc1-c1nc2sc(=Cc3ccc(Cl)c(Cl)c3)c(=O)n2n1. The lowest BCUT2D eigenvalue weighted by molar-refractivity contribution is 0.416. The summed E-state index contributed by atoms with van der Waals surface area (Å²) in [7, 11) is 1.58. The zero-order valence-electron chi connectivity index (χ0n) is 13.4. The van der Waals surface area contributed by atoms with Gasteiger partial charge in [0.25, 0.3) is 5.56 Å². The second kappa shape index (κ2) is 6.72. The summed E-state index contributed by atoms with van der Waals surface area (Å²) >= 11 is 13.2. The van der Waals surface area contributed by atoms with Gasteiger partial charge in [-0.3, -0.25) is 4.79 Å². The number of hydrogen-bond acceptors (Lipinski definition) is 5. The third-order valence-electron chi connectivity index (χ3n) is 3.77. The summed E-state index contributed by atoms with van der Waals surface area (Å²) in [5.41, 5.74) is 1.29. The van der Waals surface area contributed by atoms with Gasteiger partial charge in [-0.2, -0.15) is 9.50 Å². The highest BCUT2D eigenvalue weighted by atomic mass is 35.5. The van der Waals surface area contributed by atoms with Gasteiger partial charge in [-0.25, -0.2) is 0 Å². The Morgan fingerprint density at radius 1 is 1.15 bits per heavy atom. The predicted molar refractivity (Wildman–Crippen MR) is 104 cm³/mol. The number of halogens is 2. The average molecular weight is 404 g/mol. The Bertz CT molecular complexity index is 1230. The third-order valence-corrected chi connectivity index (χ3v) is 5.47. The number of thiazole rings is 1. The monoisotopic (exact) mass is 403 g/mol. The minimum Gasteiger partial charge on any atom is -0.496 e. The zero-order chi connectivity index (χ0) is 18.3. The molecule has 0 N–H and O–H groups in total. The van der Waals surface area contributed by atoms with Crippen LogP contribution in [-0.2, 0) is 0 Å². The van der Waals surface area contributed by atoms with Crippen LogP contribution in [0.3, 0.4) is 0 Å². The molecule has 0 bridgehead atoms. The first-order valence-corrected chi connectivity index (χ1v) is 9.14. The average Bonchev–Trinajstić information content (AvgIpc) is 3.18. The van der Waals surface area contributed by atoms with Crippen LogP contribution in [0.2, 0.25) is 10.0 Å². The Morgan fingerprint density at radius 2 is 1.96 bits per heavy atom. The van der Waals surface area contributed by atoms with Crippen LogP contribution in [0.5, 0.6) is 5.75 Å². The summed E-state index contributed by atoms with van der Waals surface area (Å²) in [6.07, 6.45) is 1.74. The molecule has 0 aliphatic carbocycles. The first-order valence-electron chi connectivity index (χ1n) is 7.56. The van der Waals surface area contributed by atoms with E-state index >= 15 is 0 Å². The molecule has 4 aromatic rings. The fourth-order valence-corrected chi connectivity index (χ4v) is 3.75. The third kappa shape index (κ3) is 2.96. The number of ether oxygens (including phenoxy) is 1. The Morgan fingerprint density at radius 3 is 2.69 bits per heavy atom. The molecule has 0 saturated heterocycles. The highest BCUT2D eigenvalue weighted by Crippen LogP contribution is 2.27. The van der Waals surface area contributed by atoms with Crippen molar-refractivity contribution < 1.29 is 4.74 Å². The Hall–Kier alpha value is -2.41.